The molecule has 126 valence electrons. The molecule has 2 heterocycles. The fourth-order valence-electron chi connectivity index (χ4n) is 2.61. The summed E-state index contributed by atoms with van der Waals surface area (Å²) in [6.07, 6.45) is 0.0507. The molecule has 0 atom stereocenters. The number of hydrogen-bond acceptors (Lipinski definition) is 7. The summed E-state index contributed by atoms with van der Waals surface area (Å²) in [7, 11) is 2.86. The second-order valence-corrected chi connectivity index (χ2v) is 5.10. The zero-order valence-electron chi connectivity index (χ0n) is 13.0. The number of hydrogen-bond donors (Lipinski definition) is 2. The van der Waals surface area contributed by atoms with Gasteiger partial charge in [0.15, 0.2) is 17.3 Å². The first kappa shape index (κ1) is 15.7. The van der Waals surface area contributed by atoms with Crippen LogP contribution >= 0.6 is 0 Å². The lowest BCUT2D eigenvalue weighted by Crippen LogP contribution is -2.28. The Morgan fingerprint density at radius 2 is 1.71 bits per heavy atom. The van der Waals surface area contributed by atoms with Gasteiger partial charge in [-0.2, -0.15) is 0 Å². The topological polar surface area (TPSA) is 109 Å². The minimum atomic E-state index is -0.682. The Labute approximate surface area is 136 Å². The molecule has 0 spiro atoms. The standard InChI is InChI=1S/C16H15NO7/c1-22-9-5-3-4-8(14(9)23-2)15-12(20)13(21)16(24-15)17-10(18)6-7-11(17)19/h3-5,20-21H,6-7H2,1-2H3. The van der Waals surface area contributed by atoms with Crippen molar-refractivity contribution >= 4 is 17.7 Å². The molecule has 3 rings (SSSR count). The third-order valence-corrected chi connectivity index (χ3v) is 3.74. The zero-order chi connectivity index (χ0) is 17.4. The molecular weight excluding hydrogens is 318 g/mol. The van der Waals surface area contributed by atoms with Crippen molar-refractivity contribution in [2.45, 2.75) is 12.8 Å². The normalized spacial score (nSPS) is 14.3. The Hall–Kier alpha value is -3.16. The van der Waals surface area contributed by atoms with E-state index >= 15 is 0 Å². The predicted octanol–water partition coefficient (Wildman–Crippen LogP) is 2.03. The van der Waals surface area contributed by atoms with Gasteiger partial charge in [0.1, 0.15) is 0 Å². The van der Waals surface area contributed by atoms with E-state index < -0.39 is 29.2 Å². The first-order valence-corrected chi connectivity index (χ1v) is 7.11. The molecule has 2 amide bonds. The van der Waals surface area contributed by atoms with Crippen LogP contribution in [0.25, 0.3) is 11.3 Å². The zero-order valence-corrected chi connectivity index (χ0v) is 13.0. The molecule has 0 radical (unpaired) electrons. The summed E-state index contributed by atoms with van der Waals surface area (Å²) in [6, 6.07) is 4.87. The molecule has 0 saturated carbocycles. The summed E-state index contributed by atoms with van der Waals surface area (Å²) in [5.41, 5.74) is 0.301. The molecule has 2 N–H and O–H groups in total. The van der Waals surface area contributed by atoms with E-state index in [9.17, 15) is 19.8 Å². The van der Waals surface area contributed by atoms with Gasteiger partial charge in [-0.05, 0) is 12.1 Å². The van der Waals surface area contributed by atoms with Gasteiger partial charge in [-0.25, -0.2) is 4.90 Å². The number of methoxy groups -OCH3 is 2. The molecule has 1 aromatic carbocycles. The molecule has 1 aromatic heterocycles. The maximum Gasteiger partial charge on any atom is 0.256 e. The quantitative estimate of drug-likeness (QED) is 0.824. The fourth-order valence-corrected chi connectivity index (χ4v) is 2.61. The Bertz CT molecular complexity index is 808. The smallest absolute Gasteiger partial charge is 0.256 e. The molecule has 1 aliphatic heterocycles. The van der Waals surface area contributed by atoms with Gasteiger partial charge in [-0.3, -0.25) is 9.59 Å². The van der Waals surface area contributed by atoms with Gasteiger partial charge in [-0.15, -0.1) is 0 Å². The van der Waals surface area contributed by atoms with Crippen LogP contribution in [0.1, 0.15) is 12.8 Å². The van der Waals surface area contributed by atoms with Crippen LogP contribution in [0.4, 0.5) is 5.88 Å². The minimum Gasteiger partial charge on any atom is -0.502 e. The van der Waals surface area contributed by atoms with E-state index in [-0.39, 0.29) is 24.4 Å². The van der Waals surface area contributed by atoms with E-state index in [0.29, 0.717) is 11.3 Å². The lowest BCUT2D eigenvalue weighted by molar-refractivity contribution is -0.121. The van der Waals surface area contributed by atoms with Gasteiger partial charge in [0.25, 0.3) is 5.88 Å². The van der Waals surface area contributed by atoms with Gasteiger partial charge in [-0.1, -0.05) is 6.07 Å². The maximum atomic E-state index is 11.8. The third-order valence-electron chi connectivity index (χ3n) is 3.74. The number of nitrogens with zero attached hydrogens (tertiary/aromatic N) is 1. The number of benzene rings is 1. The van der Waals surface area contributed by atoms with E-state index in [0.717, 1.165) is 4.90 Å². The number of carbonyl (C=O) groups is 2. The van der Waals surface area contributed by atoms with Crippen LogP contribution in [0.5, 0.6) is 23.0 Å². The van der Waals surface area contributed by atoms with Crippen molar-refractivity contribution in [3.8, 4) is 34.3 Å². The van der Waals surface area contributed by atoms with Gasteiger partial charge in [0, 0.05) is 12.8 Å². The minimum absolute atomic E-state index is 0.0253. The van der Waals surface area contributed by atoms with E-state index in [2.05, 4.69) is 0 Å². The molecular formula is C16H15NO7. The largest absolute Gasteiger partial charge is 0.502 e. The van der Waals surface area contributed by atoms with E-state index in [1.807, 2.05) is 0 Å². The Balaban J connectivity index is 2.16. The number of carbonyl (C=O) groups excluding carboxylic acids is 2. The van der Waals surface area contributed by atoms with Crippen molar-refractivity contribution in [3.05, 3.63) is 18.2 Å². The Kier molecular flexibility index (Phi) is 3.80. The summed E-state index contributed by atoms with van der Waals surface area (Å²) in [5.74, 6) is -2.16. The van der Waals surface area contributed by atoms with Crippen LogP contribution in [-0.2, 0) is 9.59 Å². The average molecular weight is 333 g/mol. The first-order chi connectivity index (χ1) is 11.5. The van der Waals surface area contributed by atoms with Crippen molar-refractivity contribution in [1.29, 1.82) is 0 Å². The van der Waals surface area contributed by atoms with E-state index in [4.69, 9.17) is 13.9 Å². The molecule has 8 nitrogen and oxygen atoms in total. The number of para-hydroxylation sites is 1. The third kappa shape index (κ3) is 2.23. The molecule has 0 unspecified atom stereocenters. The van der Waals surface area contributed by atoms with Crippen molar-refractivity contribution in [1.82, 2.24) is 0 Å². The van der Waals surface area contributed by atoms with Crippen LogP contribution in [0, 0.1) is 0 Å². The number of amides is 2. The summed E-state index contributed by atoms with van der Waals surface area (Å²) >= 11 is 0. The summed E-state index contributed by atoms with van der Waals surface area (Å²) < 4.78 is 15.9. The number of furan rings is 1. The summed E-state index contributed by atoms with van der Waals surface area (Å²) in [6.45, 7) is 0. The van der Waals surface area contributed by atoms with Crippen LogP contribution < -0.4 is 14.4 Å². The summed E-state index contributed by atoms with van der Waals surface area (Å²) in [5, 5.41) is 20.3. The van der Waals surface area contributed by atoms with Gasteiger partial charge in [0.2, 0.25) is 23.3 Å². The average Bonchev–Trinajstić information content (AvgIpc) is 3.06. The van der Waals surface area contributed by atoms with Crippen LogP contribution in [-0.4, -0.2) is 36.2 Å². The monoisotopic (exact) mass is 333 g/mol. The number of anilines is 1. The highest BCUT2D eigenvalue weighted by Gasteiger charge is 2.37. The number of imide groups is 1. The number of aromatic hydroxyl groups is 2. The predicted molar refractivity (Wildman–Crippen MR) is 82.3 cm³/mol. The lowest BCUT2D eigenvalue weighted by atomic mass is 10.1. The SMILES string of the molecule is COc1cccc(-c2oc(N3C(=O)CCC3=O)c(O)c2O)c1OC. The van der Waals surface area contributed by atoms with Crippen LogP contribution in [0.3, 0.4) is 0 Å². The lowest BCUT2D eigenvalue weighted by Gasteiger charge is -2.11. The molecule has 0 bridgehead atoms. The molecule has 1 saturated heterocycles. The highest BCUT2D eigenvalue weighted by Crippen LogP contribution is 2.51. The Morgan fingerprint density at radius 3 is 2.29 bits per heavy atom. The molecule has 0 aliphatic carbocycles. The number of rotatable bonds is 4. The van der Waals surface area contributed by atoms with Crippen molar-refractivity contribution in [2.75, 3.05) is 19.1 Å². The highest BCUT2D eigenvalue weighted by atomic mass is 16.5. The molecule has 1 aliphatic rings. The number of ether oxygens (including phenoxy) is 2. The van der Waals surface area contributed by atoms with Crippen molar-refractivity contribution in [3.63, 3.8) is 0 Å². The first-order valence-electron chi connectivity index (χ1n) is 7.11. The van der Waals surface area contributed by atoms with Gasteiger partial charge in [0.05, 0.1) is 19.8 Å². The van der Waals surface area contributed by atoms with Crippen molar-refractivity contribution in [2.24, 2.45) is 0 Å². The van der Waals surface area contributed by atoms with Crippen LogP contribution in [0.15, 0.2) is 22.6 Å². The molecule has 24 heavy (non-hydrogen) atoms. The van der Waals surface area contributed by atoms with Gasteiger partial charge >= 0.3 is 0 Å². The van der Waals surface area contributed by atoms with Crippen molar-refractivity contribution < 1.29 is 33.7 Å². The second kappa shape index (κ2) is 5.80. The van der Waals surface area contributed by atoms with Gasteiger partial charge < -0.3 is 24.1 Å². The highest BCUT2D eigenvalue weighted by molar-refractivity contribution is 6.20. The Morgan fingerprint density at radius 1 is 1.04 bits per heavy atom. The van der Waals surface area contributed by atoms with Crippen LogP contribution in [0.2, 0.25) is 0 Å². The summed E-state index contributed by atoms with van der Waals surface area (Å²) in [4.78, 5) is 24.4. The fraction of sp³-hybridized carbons (Fsp3) is 0.250. The second-order valence-electron chi connectivity index (χ2n) is 5.10. The van der Waals surface area contributed by atoms with E-state index in [1.54, 1.807) is 18.2 Å². The molecule has 8 heteroatoms. The van der Waals surface area contributed by atoms with E-state index in [1.165, 1.54) is 14.2 Å². The molecule has 2 aromatic rings. The maximum absolute atomic E-state index is 11.8. The molecule has 1 fully saturated rings.